The average Bonchev–Trinajstić information content (AvgIpc) is 2.65. The predicted octanol–water partition coefficient (Wildman–Crippen LogP) is 3.17. The Bertz CT molecular complexity index is 597. The van der Waals surface area contributed by atoms with Gasteiger partial charge in [-0.1, -0.05) is 19.1 Å². The smallest absolute Gasteiger partial charge is 0.150 e. The van der Waals surface area contributed by atoms with Crippen LogP contribution in [0.3, 0.4) is 0 Å². The molecule has 3 nitrogen and oxygen atoms in total. The fourth-order valence-electron chi connectivity index (χ4n) is 2.35. The van der Waals surface area contributed by atoms with Gasteiger partial charge in [-0.2, -0.15) is 5.10 Å². The Morgan fingerprint density at radius 2 is 2.00 bits per heavy atom. The van der Waals surface area contributed by atoms with Crippen LogP contribution < -0.4 is 0 Å². The molecule has 0 aliphatic heterocycles. The lowest BCUT2D eigenvalue weighted by atomic mass is 10.1. The number of hydrogen-bond donors (Lipinski definition) is 0. The Morgan fingerprint density at radius 3 is 2.56 bits per heavy atom. The first-order chi connectivity index (χ1) is 8.58. The maximum absolute atomic E-state index is 10.9. The summed E-state index contributed by atoms with van der Waals surface area (Å²) in [6.45, 7) is 8.27. The zero-order valence-corrected chi connectivity index (χ0v) is 11.3. The monoisotopic (exact) mass is 242 g/mol. The van der Waals surface area contributed by atoms with Gasteiger partial charge in [0.1, 0.15) is 6.29 Å². The molecule has 1 heterocycles. The first kappa shape index (κ1) is 12.6. The van der Waals surface area contributed by atoms with E-state index >= 15 is 0 Å². The molecule has 0 atom stereocenters. The van der Waals surface area contributed by atoms with Gasteiger partial charge in [0.05, 0.1) is 11.4 Å². The molecule has 1 aromatic heterocycles. The minimum atomic E-state index is 0.682. The Morgan fingerprint density at radius 1 is 1.28 bits per heavy atom. The molecule has 0 aliphatic rings. The van der Waals surface area contributed by atoms with E-state index in [-0.39, 0.29) is 0 Å². The zero-order chi connectivity index (χ0) is 13.3. The molecule has 0 bridgehead atoms. The highest BCUT2D eigenvalue weighted by Gasteiger charge is 2.12. The Balaban J connectivity index is 2.65. The Kier molecular flexibility index (Phi) is 3.32. The molecule has 0 fully saturated rings. The largest absolute Gasteiger partial charge is 0.298 e. The lowest BCUT2D eigenvalue weighted by Gasteiger charge is -2.09. The van der Waals surface area contributed by atoms with Crippen LogP contribution in [0.5, 0.6) is 0 Å². The van der Waals surface area contributed by atoms with E-state index in [9.17, 15) is 4.79 Å². The molecule has 94 valence electrons. The van der Waals surface area contributed by atoms with Gasteiger partial charge in [0.2, 0.25) is 0 Å². The van der Waals surface area contributed by atoms with Gasteiger partial charge in [-0.25, -0.2) is 4.68 Å². The molecule has 0 unspecified atom stereocenters. The van der Waals surface area contributed by atoms with E-state index in [0.29, 0.717) is 5.56 Å². The summed E-state index contributed by atoms with van der Waals surface area (Å²) in [5, 5.41) is 4.59. The molecule has 0 saturated carbocycles. The van der Waals surface area contributed by atoms with E-state index in [0.717, 1.165) is 35.3 Å². The van der Waals surface area contributed by atoms with Crippen LogP contribution in [0.25, 0.3) is 5.69 Å². The van der Waals surface area contributed by atoms with Crippen molar-refractivity contribution in [3.63, 3.8) is 0 Å². The molecule has 2 aromatic rings. The molecule has 0 aliphatic carbocycles. The maximum Gasteiger partial charge on any atom is 0.150 e. The Hall–Kier alpha value is -1.90. The van der Waals surface area contributed by atoms with Crippen molar-refractivity contribution in [2.75, 3.05) is 0 Å². The van der Waals surface area contributed by atoms with Gasteiger partial charge in [0, 0.05) is 11.3 Å². The highest BCUT2D eigenvalue weighted by molar-refractivity contribution is 5.76. The van der Waals surface area contributed by atoms with E-state index in [1.54, 1.807) is 0 Å². The van der Waals surface area contributed by atoms with E-state index < -0.39 is 0 Å². The SMILES string of the molecule is CCc1c(C)nn(-c2cc(C=O)ccc2C)c1C. The first-order valence-corrected chi connectivity index (χ1v) is 6.19. The summed E-state index contributed by atoms with van der Waals surface area (Å²) in [5.74, 6) is 0. The summed E-state index contributed by atoms with van der Waals surface area (Å²) in [6.07, 6.45) is 1.85. The molecule has 0 saturated heterocycles. The van der Waals surface area contributed by atoms with Crippen molar-refractivity contribution >= 4 is 6.29 Å². The van der Waals surface area contributed by atoms with Crippen LogP contribution in [-0.4, -0.2) is 16.1 Å². The quantitative estimate of drug-likeness (QED) is 0.775. The van der Waals surface area contributed by atoms with E-state index in [2.05, 4.69) is 18.9 Å². The molecule has 1 aromatic carbocycles. The van der Waals surface area contributed by atoms with Crippen molar-refractivity contribution in [3.05, 3.63) is 46.3 Å². The van der Waals surface area contributed by atoms with E-state index in [1.807, 2.05) is 36.7 Å². The van der Waals surface area contributed by atoms with Crippen molar-refractivity contribution in [2.24, 2.45) is 0 Å². The summed E-state index contributed by atoms with van der Waals surface area (Å²) >= 11 is 0. The highest BCUT2D eigenvalue weighted by atomic mass is 16.1. The fourth-order valence-corrected chi connectivity index (χ4v) is 2.35. The van der Waals surface area contributed by atoms with Gasteiger partial charge < -0.3 is 0 Å². The number of aromatic nitrogens is 2. The minimum Gasteiger partial charge on any atom is -0.298 e. The van der Waals surface area contributed by atoms with Crippen LogP contribution in [0.4, 0.5) is 0 Å². The van der Waals surface area contributed by atoms with Crippen molar-refractivity contribution in [1.29, 1.82) is 0 Å². The van der Waals surface area contributed by atoms with Crippen molar-refractivity contribution in [1.82, 2.24) is 9.78 Å². The number of carbonyl (C=O) groups is 1. The lowest BCUT2D eigenvalue weighted by molar-refractivity contribution is 0.112. The summed E-state index contributed by atoms with van der Waals surface area (Å²) in [6, 6.07) is 5.68. The molecular weight excluding hydrogens is 224 g/mol. The molecule has 0 N–H and O–H groups in total. The number of aryl methyl sites for hydroxylation is 2. The van der Waals surface area contributed by atoms with Gasteiger partial charge in [-0.3, -0.25) is 4.79 Å². The van der Waals surface area contributed by atoms with Crippen molar-refractivity contribution in [3.8, 4) is 5.69 Å². The summed E-state index contributed by atoms with van der Waals surface area (Å²) in [4.78, 5) is 10.9. The second-order valence-corrected chi connectivity index (χ2v) is 4.58. The lowest BCUT2D eigenvalue weighted by Crippen LogP contribution is -2.03. The van der Waals surface area contributed by atoms with E-state index in [1.165, 1.54) is 5.56 Å². The average molecular weight is 242 g/mol. The summed E-state index contributed by atoms with van der Waals surface area (Å²) < 4.78 is 1.94. The second kappa shape index (κ2) is 4.77. The van der Waals surface area contributed by atoms with Crippen LogP contribution in [-0.2, 0) is 6.42 Å². The molecule has 0 amide bonds. The normalized spacial score (nSPS) is 10.7. The third-order valence-corrected chi connectivity index (χ3v) is 3.39. The highest BCUT2D eigenvalue weighted by Crippen LogP contribution is 2.21. The summed E-state index contributed by atoms with van der Waals surface area (Å²) in [5.41, 5.74) is 6.29. The Labute approximate surface area is 107 Å². The third kappa shape index (κ3) is 1.96. The number of carbonyl (C=O) groups excluding carboxylic acids is 1. The molecule has 0 radical (unpaired) electrons. The van der Waals surface area contributed by atoms with Crippen LogP contribution in [0.1, 0.15) is 39.8 Å². The van der Waals surface area contributed by atoms with Crippen molar-refractivity contribution in [2.45, 2.75) is 34.1 Å². The molecule has 18 heavy (non-hydrogen) atoms. The van der Waals surface area contributed by atoms with Crippen LogP contribution in [0.15, 0.2) is 18.2 Å². The van der Waals surface area contributed by atoms with Gasteiger partial charge in [-0.05, 0) is 44.4 Å². The number of rotatable bonds is 3. The third-order valence-electron chi connectivity index (χ3n) is 3.39. The van der Waals surface area contributed by atoms with Gasteiger partial charge in [0.15, 0.2) is 0 Å². The standard InChI is InChI=1S/C15H18N2O/c1-5-14-11(3)16-17(12(14)4)15-8-13(9-18)7-6-10(15)2/h6-9H,5H2,1-4H3. The fraction of sp³-hybridized carbons (Fsp3) is 0.333. The molecule has 0 spiro atoms. The minimum absolute atomic E-state index is 0.682. The maximum atomic E-state index is 10.9. The van der Waals surface area contributed by atoms with Gasteiger partial charge in [0.25, 0.3) is 0 Å². The molecular formula is C15H18N2O. The van der Waals surface area contributed by atoms with Crippen LogP contribution in [0.2, 0.25) is 0 Å². The molecule has 3 heteroatoms. The number of hydrogen-bond acceptors (Lipinski definition) is 2. The predicted molar refractivity (Wildman–Crippen MR) is 72.5 cm³/mol. The summed E-state index contributed by atoms with van der Waals surface area (Å²) in [7, 11) is 0. The van der Waals surface area contributed by atoms with Gasteiger partial charge >= 0.3 is 0 Å². The molecule has 2 rings (SSSR count). The zero-order valence-electron chi connectivity index (χ0n) is 11.3. The van der Waals surface area contributed by atoms with Crippen molar-refractivity contribution < 1.29 is 4.79 Å². The second-order valence-electron chi connectivity index (χ2n) is 4.58. The van der Waals surface area contributed by atoms with Gasteiger partial charge in [-0.15, -0.1) is 0 Å². The topological polar surface area (TPSA) is 34.9 Å². The van der Waals surface area contributed by atoms with Crippen LogP contribution in [0, 0.1) is 20.8 Å². The number of benzene rings is 1. The van der Waals surface area contributed by atoms with Crippen LogP contribution >= 0.6 is 0 Å². The number of aldehydes is 1. The first-order valence-electron chi connectivity index (χ1n) is 6.19. The van der Waals surface area contributed by atoms with E-state index in [4.69, 9.17) is 0 Å². The number of nitrogens with zero attached hydrogens (tertiary/aromatic N) is 2.